The minimum absolute atomic E-state index is 0.642. The van der Waals surface area contributed by atoms with Gasteiger partial charge in [0.25, 0.3) is 0 Å². The molecule has 2 rings (SSSR count). The highest BCUT2D eigenvalue weighted by Crippen LogP contribution is 2.33. The van der Waals surface area contributed by atoms with Crippen LogP contribution >= 0.6 is 0 Å². The summed E-state index contributed by atoms with van der Waals surface area (Å²) >= 11 is 0. The van der Waals surface area contributed by atoms with E-state index in [-0.39, 0.29) is 0 Å². The lowest BCUT2D eigenvalue weighted by molar-refractivity contribution is 0.256. The molecule has 0 bridgehead atoms. The fourth-order valence-corrected chi connectivity index (χ4v) is 2.63. The molecule has 0 N–H and O–H groups in total. The highest BCUT2D eigenvalue weighted by Gasteiger charge is 2.15. The van der Waals surface area contributed by atoms with Crippen LogP contribution in [0.2, 0.25) is 0 Å². The topological polar surface area (TPSA) is 9.23 Å². The van der Waals surface area contributed by atoms with E-state index in [1.807, 2.05) is 0 Å². The van der Waals surface area contributed by atoms with Crippen molar-refractivity contribution < 1.29 is 4.74 Å². The van der Waals surface area contributed by atoms with Gasteiger partial charge in [0.15, 0.2) is 0 Å². The van der Waals surface area contributed by atoms with Gasteiger partial charge in [0.1, 0.15) is 5.75 Å². The molecule has 0 heterocycles. The summed E-state index contributed by atoms with van der Waals surface area (Å²) in [5, 5.41) is 0. The molecule has 0 radical (unpaired) electrons. The first kappa shape index (κ1) is 13.5. The van der Waals surface area contributed by atoms with Gasteiger partial charge in [-0.15, -0.1) is 0 Å². The molecule has 1 saturated carbocycles. The second-order valence-electron chi connectivity index (χ2n) is 5.73. The number of hydrogen-bond donors (Lipinski definition) is 0. The van der Waals surface area contributed by atoms with Gasteiger partial charge in [0.2, 0.25) is 0 Å². The van der Waals surface area contributed by atoms with Crippen molar-refractivity contribution >= 4 is 0 Å². The summed E-state index contributed by atoms with van der Waals surface area (Å²) < 4.78 is 5.80. The summed E-state index contributed by atoms with van der Waals surface area (Å²) in [6.45, 7) is 5.27. The van der Waals surface area contributed by atoms with E-state index in [2.05, 4.69) is 38.1 Å². The third-order valence-electron chi connectivity index (χ3n) is 4.19. The van der Waals surface area contributed by atoms with Crippen molar-refractivity contribution in [3.05, 3.63) is 29.8 Å². The summed E-state index contributed by atoms with van der Waals surface area (Å²) in [4.78, 5) is 0. The van der Waals surface area contributed by atoms with Crippen LogP contribution in [-0.2, 0) is 0 Å². The summed E-state index contributed by atoms with van der Waals surface area (Å²) in [6.07, 6.45) is 8.14. The van der Waals surface area contributed by atoms with Crippen molar-refractivity contribution in [2.75, 3.05) is 6.61 Å². The van der Waals surface area contributed by atoms with E-state index in [0.29, 0.717) is 5.92 Å². The third kappa shape index (κ3) is 3.76. The van der Waals surface area contributed by atoms with Crippen LogP contribution in [0.4, 0.5) is 0 Å². The first-order valence-corrected chi connectivity index (χ1v) is 7.52. The van der Waals surface area contributed by atoms with Crippen molar-refractivity contribution in [1.29, 1.82) is 0 Å². The number of hydrogen-bond acceptors (Lipinski definition) is 1. The van der Waals surface area contributed by atoms with Gasteiger partial charge in [0, 0.05) is 0 Å². The smallest absolute Gasteiger partial charge is 0.119 e. The van der Waals surface area contributed by atoms with Crippen LogP contribution in [0.15, 0.2) is 24.3 Å². The standard InChI is InChI=1S/C17H26O/c1-3-14(2)13-18-17-11-9-16(10-12-17)15-7-5-4-6-8-15/h9-12,14-15H,3-8,13H2,1-2H3. The SMILES string of the molecule is CCC(C)COc1ccc(C2CCCCC2)cc1. The van der Waals surface area contributed by atoms with Crippen LogP contribution in [0.1, 0.15) is 63.9 Å². The van der Waals surface area contributed by atoms with Gasteiger partial charge < -0.3 is 4.74 Å². The lowest BCUT2D eigenvalue weighted by atomic mass is 9.84. The molecule has 1 fully saturated rings. The molecule has 1 aliphatic carbocycles. The normalized spacial score (nSPS) is 18.6. The van der Waals surface area contributed by atoms with E-state index in [9.17, 15) is 0 Å². The van der Waals surface area contributed by atoms with Crippen LogP contribution in [0.25, 0.3) is 0 Å². The summed E-state index contributed by atoms with van der Waals surface area (Å²) in [5.74, 6) is 2.46. The Morgan fingerprint density at radius 2 is 1.78 bits per heavy atom. The zero-order chi connectivity index (χ0) is 12.8. The van der Waals surface area contributed by atoms with Crippen molar-refractivity contribution in [3.63, 3.8) is 0 Å². The Kier molecular flexibility index (Phi) is 5.10. The van der Waals surface area contributed by atoms with Gasteiger partial charge in [-0.1, -0.05) is 51.7 Å². The molecule has 1 heteroatoms. The first-order chi connectivity index (χ1) is 8.79. The van der Waals surface area contributed by atoms with E-state index >= 15 is 0 Å². The summed E-state index contributed by atoms with van der Waals surface area (Å²) in [7, 11) is 0. The van der Waals surface area contributed by atoms with Gasteiger partial charge in [-0.05, 0) is 42.4 Å². The maximum Gasteiger partial charge on any atom is 0.119 e. The Morgan fingerprint density at radius 1 is 1.11 bits per heavy atom. The first-order valence-electron chi connectivity index (χ1n) is 7.52. The van der Waals surface area contributed by atoms with Crippen molar-refractivity contribution in [2.45, 2.75) is 58.3 Å². The maximum absolute atomic E-state index is 5.80. The Labute approximate surface area is 112 Å². The largest absolute Gasteiger partial charge is 0.493 e. The molecular formula is C17H26O. The van der Waals surface area contributed by atoms with Gasteiger partial charge in [-0.3, -0.25) is 0 Å². The lowest BCUT2D eigenvalue weighted by Gasteiger charge is -2.22. The highest BCUT2D eigenvalue weighted by atomic mass is 16.5. The Morgan fingerprint density at radius 3 is 2.39 bits per heavy atom. The van der Waals surface area contributed by atoms with Crippen molar-refractivity contribution in [3.8, 4) is 5.75 Å². The summed E-state index contributed by atoms with van der Waals surface area (Å²) in [6, 6.07) is 8.82. The highest BCUT2D eigenvalue weighted by molar-refractivity contribution is 5.29. The monoisotopic (exact) mass is 246 g/mol. The van der Waals surface area contributed by atoms with Crippen LogP contribution in [0.3, 0.4) is 0 Å². The molecule has 0 saturated heterocycles. The van der Waals surface area contributed by atoms with Gasteiger partial charge >= 0.3 is 0 Å². The third-order valence-corrected chi connectivity index (χ3v) is 4.19. The fourth-order valence-electron chi connectivity index (χ4n) is 2.63. The van der Waals surface area contributed by atoms with E-state index in [4.69, 9.17) is 4.74 Å². The minimum atomic E-state index is 0.642. The predicted octanol–water partition coefficient (Wildman–Crippen LogP) is 5.16. The predicted molar refractivity (Wildman–Crippen MR) is 77.2 cm³/mol. The fraction of sp³-hybridized carbons (Fsp3) is 0.647. The zero-order valence-corrected chi connectivity index (χ0v) is 11.8. The number of benzene rings is 1. The van der Waals surface area contributed by atoms with E-state index in [1.165, 1.54) is 44.1 Å². The van der Waals surface area contributed by atoms with E-state index < -0.39 is 0 Å². The van der Waals surface area contributed by atoms with E-state index in [0.717, 1.165) is 18.3 Å². The lowest BCUT2D eigenvalue weighted by Crippen LogP contribution is -2.07. The second kappa shape index (κ2) is 6.82. The van der Waals surface area contributed by atoms with Crippen LogP contribution in [0, 0.1) is 5.92 Å². The molecule has 100 valence electrons. The molecule has 0 spiro atoms. The molecule has 1 aromatic carbocycles. The average Bonchev–Trinajstić information content (AvgIpc) is 2.46. The molecule has 1 unspecified atom stereocenters. The average molecular weight is 246 g/mol. The minimum Gasteiger partial charge on any atom is -0.493 e. The van der Waals surface area contributed by atoms with Gasteiger partial charge in [-0.25, -0.2) is 0 Å². The van der Waals surface area contributed by atoms with Crippen LogP contribution < -0.4 is 4.74 Å². The zero-order valence-electron chi connectivity index (χ0n) is 11.8. The molecule has 0 aromatic heterocycles. The summed E-state index contributed by atoms with van der Waals surface area (Å²) in [5.41, 5.74) is 1.51. The molecule has 1 aliphatic rings. The van der Waals surface area contributed by atoms with Gasteiger partial charge in [-0.2, -0.15) is 0 Å². The molecular weight excluding hydrogens is 220 g/mol. The quantitative estimate of drug-likeness (QED) is 0.697. The molecule has 18 heavy (non-hydrogen) atoms. The van der Waals surface area contributed by atoms with Crippen LogP contribution in [-0.4, -0.2) is 6.61 Å². The van der Waals surface area contributed by atoms with E-state index in [1.54, 1.807) is 0 Å². The van der Waals surface area contributed by atoms with Gasteiger partial charge in [0.05, 0.1) is 6.61 Å². The maximum atomic E-state index is 5.80. The number of ether oxygens (including phenoxy) is 1. The molecule has 1 atom stereocenters. The number of rotatable bonds is 5. The molecule has 0 aliphatic heterocycles. The van der Waals surface area contributed by atoms with Crippen molar-refractivity contribution in [1.82, 2.24) is 0 Å². The van der Waals surface area contributed by atoms with Crippen molar-refractivity contribution in [2.24, 2.45) is 5.92 Å². The molecule has 1 aromatic rings. The Balaban J connectivity index is 1.88. The second-order valence-corrected chi connectivity index (χ2v) is 5.73. The molecule has 0 amide bonds. The Hall–Kier alpha value is -0.980. The molecule has 1 nitrogen and oxygen atoms in total. The Bertz CT molecular complexity index is 335. The van der Waals surface area contributed by atoms with Crippen LogP contribution in [0.5, 0.6) is 5.75 Å².